The van der Waals surface area contributed by atoms with Gasteiger partial charge in [0.15, 0.2) is 0 Å². The lowest BCUT2D eigenvalue weighted by Gasteiger charge is -2.23. The predicted molar refractivity (Wildman–Crippen MR) is 170 cm³/mol. The molecule has 1 fully saturated rings. The Balaban J connectivity index is 1.33. The van der Waals surface area contributed by atoms with Gasteiger partial charge in [0.1, 0.15) is 0 Å². The number of allylic oxidation sites excluding steroid dienone is 1. The van der Waals surface area contributed by atoms with Crippen LogP contribution in [0.4, 0.5) is 0 Å². The Hall–Kier alpha value is -4.68. The molecule has 40 heavy (non-hydrogen) atoms. The molecule has 2 atom stereocenters. The van der Waals surface area contributed by atoms with Crippen LogP contribution >= 0.6 is 0 Å². The molecule has 2 unspecified atom stereocenters. The Morgan fingerprint density at radius 2 is 0.975 bits per heavy atom. The number of hydrogen-bond acceptors (Lipinski definition) is 0. The predicted octanol–water partition coefficient (Wildman–Crippen LogP) is 10.5. The van der Waals surface area contributed by atoms with Gasteiger partial charge in [-0.2, -0.15) is 0 Å². The van der Waals surface area contributed by atoms with E-state index in [0.717, 1.165) is 0 Å². The van der Waals surface area contributed by atoms with E-state index in [0.29, 0.717) is 11.8 Å². The van der Waals surface area contributed by atoms with Crippen molar-refractivity contribution in [2.24, 2.45) is 5.92 Å². The smallest absolute Gasteiger partial charge is 0.0215 e. The van der Waals surface area contributed by atoms with Crippen LogP contribution in [0, 0.1) is 12.3 Å². The SMILES string of the molecule is [CH]1c2c3c(c4ccccc4c21)C=C(c1c2ccccc2c(-c2cccc4ccccc24)c2ccccc12)C1CC31. The van der Waals surface area contributed by atoms with Gasteiger partial charge in [-0.3, -0.25) is 0 Å². The van der Waals surface area contributed by atoms with E-state index in [2.05, 4.69) is 128 Å². The van der Waals surface area contributed by atoms with Crippen LogP contribution in [0.2, 0.25) is 0 Å². The van der Waals surface area contributed by atoms with Gasteiger partial charge < -0.3 is 0 Å². The maximum absolute atomic E-state index is 2.57. The Labute approximate surface area is 233 Å². The minimum absolute atomic E-state index is 0.599. The Kier molecular flexibility index (Phi) is 3.97. The first-order valence-corrected chi connectivity index (χ1v) is 14.4. The van der Waals surface area contributed by atoms with Gasteiger partial charge in [0, 0.05) is 6.42 Å². The van der Waals surface area contributed by atoms with Gasteiger partial charge in [0.2, 0.25) is 0 Å². The van der Waals surface area contributed by atoms with Crippen molar-refractivity contribution in [2.45, 2.75) is 12.3 Å². The highest BCUT2D eigenvalue weighted by Crippen LogP contribution is 2.64. The third kappa shape index (κ3) is 2.71. The van der Waals surface area contributed by atoms with E-state index in [-0.39, 0.29) is 0 Å². The number of fused-ring (bicyclic) bond motifs is 11. The second-order valence-corrected chi connectivity index (χ2v) is 11.8. The van der Waals surface area contributed by atoms with Gasteiger partial charge in [0.05, 0.1) is 0 Å². The average molecular weight is 506 g/mol. The van der Waals surface area contributed by atoms with Crippen molar-refractivity contribution in [3.8, 4) is 11.1 Å². The van der Waals surface area contributed by atoms with Gasteiger partial charge >= 0.3 is 0 Å². The highest BCUT2D eigenvalue weighted by atomic mass is 14.5. The molecule has 0 heterocycles. The molecule has 3 aliphatic rings. The Morgan fingerprint density at radius 1 is 0.425 bits per heavy atom. The summed E-state index contributed by atoms with van der Waals surface area (Å²) in [7, 11) is 0. The summed E-state index contributed by atoms with van der Waals surface area (Å²) in [5.41, 5.74) is 11.7. The van der Waals surface area contributed by atoms with Gasteiger partial charge in [-0.25, -0.2) is 0 Å². The maximum Gasteiger partial charge on any atom is 0.0215 e. The zero-order valence-corrected chi connectivity index (χ0v) is 22.0. The summed E-state index contributed by atoms with van der Waals surface area (Å²) < 4.78 is 0. The first-order chi connectivity index (χ1) is 19.9. The minimum atomic E-state index is 0.599. The molecule has 7 aromatic carbocycles. The van der Waals surface area contributed by atoms with Crippen molar-refractivity contribution >= 4 is 54.7 Å². The van der Waals surface area contributed by atoms with Crippen molar-refractivity contribution in [2.75, 3.05) is 0 Å². The van der Waals surface area contributed by atoms with Crippen LogP contribution in [0.15, 0.2) is 115 Å². The minimum Gasteiger partial charge on any atom is -0.0616 e. The molecule has 0 aliphatic heterocycles. The van der Waals surface area contributed by atoms with E-state index < -0.39 is 0 Å². The van der Waals surface area contributed by atoms with E-state index in [1.165, 1.54) is 88.5 Å². The van der Waals surface area contributed by atoms with Crippen LogP contribution in [0.25, 0.3) is 65.9 Å². The highest BCUT2D eigenvalue weighted by molar-refractivity contribution is 6.23. The number of benzene rings is 7. The molecule has 0 aromatic heterocycles. The quantitative estimate of drug-likeness (QED) is 0.205. The van der Waals surface area contributed by atoms with Gasteiger partial charge in [-0.1, -0.05) is 115 Å². The van der Waals surface area contributed by atoms with Crippen molar-refractivity contribution < 1.29 is 0 Å². The van der Waals surface area contributed by atoms with Crippen molar-refractivity contribution in [3.05, 3.63) is 149 Å². The van der Waals surface area contributed by atoms with E-state index in [9.17, 15) is 0 Å². The highest BCUT2D eigenvalue weighted by Gasteiger charge is 2.49. The third-order valence-electron chi connectivity index (χ3n) is 9.72. The fourth-order valence-electron chi connectivity index (χ4n) is 7.90. The number of rotatable bonds is 2. The standard InChI is InChI=1S/C40H25/c1-2-12-24-23(10-1)11-9-19-27(24)38-28-15-5-7-17-30(28)39(31-18-8-6-16-29(31)38)37-22-34-26-14-4-3-13-25(26)32-20-35(32)40(34)36-21-33(36)37/h1-20,22,33,36H,21H2. The van der Waals surface area contributed by atoms with Crippen LogP contribution in [0.1, 0.15) is 40.2 Å². The van der Waals surface area contributed by atoms with Crippen LogP contribution in [-0.2, 0) is 0 Å². The molecule has 1 radical (unpaired) electrons. The molecule has 0 saturated heterocycles. The average Bonchev–Trinajstić information content (AvgIpc) is 3.94. The zero-order chi connectivity index (χ0) is 25.9. The monoisotopic (exact) mass is 505 g/mol. The number of hydrogen-bond donors (Lipinski definition) is 0. The molecule has 0 spiro atoms. The van der Waals surface area contributed by atoms with E-state index >= 15 is 0 Å². The molecule has 3 aliphatic carbocycles. The lowest BCUT2D eigenvalue weighted by atomic mass is 9.80. The molecule has 10 rings (SSSR count). The van der Waals surface area contributed by atoms with Crippen LogP contribution in [0.5, 0.6) is 0 Å². The summed E-state index contributed by atoms with van der Waals surface area (Å²) in [4.78, 5) is 0. The first-order valence-electron chi connectivity index (χ1n) is 14.4. The van der Waals surface area contributed by atoms with Crippen LogP contribution in [0.3, 0.4) is 0 Å². The Morgan fingerprint density at radius 3 is 1.68 bits per heavy atom. The van der Waals surface area contributed by atoms with Crippen LogP contribution in [-0.4, -0.2) is 0 Å². The molecular formula is C40H25. The summed E-state index contributed by atoms with van der Waals surface area (Å²) in [5, 5.41) is 10.8. The molecule has 0 nitrogen and oxygen atoms in total. The van der Waals surface area contributed by atoms with Gasteiger partial charge in [-0.05, 0) is 112 Å². The first kappa shape index (κ1) is 21.2. The summed E-state index contributed by atoms with van der Waals surface area (Å²) in [5.74, 6) is 1.24. The lowest BCUT2D eigenvalue weighted by molar-refractivity contribution is 1.02. The fraction of sp³-hybridized carbons (Fsp3) is 0.0750. The molecule has 0 bridgehead atoms. The van der Waals surface area contributed by atoms with E-state index in [1.54, 1.807) is 5.56 Å². The summed E-state index contributed by atoms with van der Waals surface area (Å²) in [6, 6.07) is 42.8. The fourth-order valence-corrected chi connectivity index (χ4v) is 7.90. The van der Waals surface area contributed by atoms with E-state index in [1.807, 2.05) is 0 Å². The maximum atomic E-state index is 2.57. The topological polar surface area (TPSA) is 0 Å². The van der Waals surface area contributed by atoms with E-state index in [4.69, 9.17) is 0 Å². The molecular weight excluding hydrogens is 480 g/mol. The molecule has 0 heteroatoms. The van der Waals surface area contributed by atoms with Crippen molar-refractivity contribution in [3.63, 3.8) is 0 Å². The van der Waals surface area contributed by atoms with Crippen molar-refractivity contribution in [1.29, 1.82) is 0 Å². The summed E-state index contributed by atoms with van der Waals surface area (Å²) in [6.45, 7) is 0. The molecule has 1 saturated carbocycles. The van der Waals surface area contributed by atoms with Crippen LogP contribution < -0.4 is 0 Å². The van der Waals surface area contributed by atoms with Gasteiger partial charge in [0.25, 0.3) is 0 Å². The summed E-state index contributed by atoms with van der Waals surface area (Å²) in [6.07, 6.45) is 6.24. The molecule has 185 valence electrons. The molecule has 0 amide bonds. The second-order valence-electron chi connectivity index (χ2n) is 11.8. The molecule has 7 aromatic rings. The molecule has 0 N–H and O–H groups in total. The zero-order valence-electron chi connectivity index (χ0n) is 22.0. The largest absolute Gasteiger partial charge is 0.0616 e. The normalized spacial score (nSPS) is 18.4. The van der Waals surface area contributed by atoms with Crippen molar-refractivity contribution in [1.82, 2.24) is 0 Å². The Bertz CT molecular complexity index is 2220. The second kappa shape index (κ2) is 7.49. The summed E-state index contributed by atoms with van der Waals surface area (Å²) >= 11 is 0. The van der Waals surface area contributed by atoms with Gasteiger partial charge in [-0.15, -0.1) is 0 Å². The third-order valence-corrected chi connectivity index (χ3v) is 9.72. The lowest BCUT2D eigenvalue weighted by Crippen LogP contribution is -2.02.